The van der Waals surface area contributed by atoms with E-state index in [-0.39, 0.29) is 6.04 Å². The molecule has 1 aliphatic rings. The van der Waals surface area contributed by atoms with Gasteiger partial charge in [-0.1, -0.05) is 127 Å². The molecule has 1 aliphatic heterocycles. The van der Waals surface area contributed by atoms with Gasteiger partial charge in [-0.25, -0.2) is 4.99 Å². The van der Waals surface area contributed by atoms with E-state index in [0.717, 1.165) is 83.4 Å². The Morgan fingerprint density at radius 1 is 0.456 bits per heavy atom. The number of para-hydroxylation sites is 3. The van der Waals surface area contributed by atoms with Crippen LogP contribution in [0.4, 0.5) is 0 Å². The van der Waals surface area contributed by atoms with Crippen molar-refractivity contribution in [1.29, 1.82) is 0 Å². The summed E-state index contributed by atoms with van der Waals surface area (Å²) in [5.74, 6) is 0.841. The van der Waals surface area contributed by atoms with Crippen molar-refractivity contribution < 1.29 is 4.42 Å². The van der Waals surface area contributed by atoms with E-state index in [2.05, 4.69) is 196 Å². The van der Waals surface area contributed by atoms with Gasteiger partial charge >= 0.3 is 0 Å². The average Bonchev–Trinajstić information content (AvgIpc) is 3.95. The number of nitrogens with zero attached hydrogens (tertiary/aromatic N) is 3. The zero-order valence-corrected chi connectivity index (χ0v) is 30.8. The van der Waals surface area contributed by atoms with Crippen LogP contribution in [0.15, 0.2) is 204 Å². The van der Waals surface area contributed by atoms with Crippen LogP contribution >= 0.6 is 0 Å². The lowest BCUT2D eigenvalue weighted by Crippen LogP contribution is -2.31. The van der Waals surface area contributed by atoms with Crippen LogP contribution in [0.5, 0.6) is 0 Å². The van der Waals surface area contributed by atoms with Crippen molar-refractivity contribution in [3.05, 3.63) is 211 Å². The summed E-state index contributed by atoms with van der Waals surface area (Å²) >= 11 is 0. The molecule has 5 heteroatoms. The maximum absolute atomic E-state index is 6.79. The molecule has 1 atom stereocenters. The van der Waals surface area contributed by atoms with E-state index in [9.17, 15) is 0 Å². The lowest BCUT2D eigenvalue weighted by atomic mass is 10.0. The summed E-state index contributed by atoms with van der Waals surface area (Å²) in [4.78, 5) is 5.24. The number of fused-ring (bicyclic) bond motifs is 11. The first-order valence-corrected chi connectivity index (χ1v) is 19.4. The second-order valence-electron chi connectivity index (χ2n) is 14.8. The monoisotopic (exact) mass is 730 g/mol. The fourth-order valence-electron chi connectivity index (χ4n) is 9.05. The Morgan fingerprint density at radius 3 is 1.89 bits per heavy atom. The largest absolute Gasteiger partial charge is 0.455 e. The van der Waals surface area contributed by atoms with Crippen molar-refractivity contribution in [3.8, 4) is 11.4 Å². The van der Waals surface area contributed by atoms with Crippen LogP contribution in [-0.2, 0) is 0 Å². The molecular weight excluding hydrogens is 697 g/mol. The first-order valence-electron chi connectivity index (χ1n) is 19.4. The van der Waals surface area contributed by atoms with E-state index in [1.807, 2.05) is 12.1 Å². The predicted octanol–water partition coefficient (Wildman–Crippen LogP) is 12.9. The molecule has 0 radical (unpaired) electrons. The van der Waals surface area contributed by atoms with E-state index >= 15 is 0 Å². The van der Waals surface area contributed by atoms with Gasteiger partial charge < -0.3 is 18.9 Å². The minimum absolute atomic E-state index is 0.0314. The molecule has 0 saturated heterocycles. The minimum Gasteiger partial charge on any atom is -0.455 e. The Labute approximate surface area is 328 Å². The van der Waals surface area contributed by atoms with Gasteiger partial charge in [-0.2, -0.15) is 0 Å². The van der Waals surface area contributed by atoms with Gasteiger partial charge in [-0.3, -0.25) is 0 Å². The van der Waals surface area contributed by atoms with Crippen molar-refractivity contribution in [2.24, 2.45) is 4.99 Å². The van der Waals surface area contributed by atoms with Crippen LogP contribution in [0.25, 0.3) is 82.6 Å². The standard InChI is InChI=1S/C52H34N4O/c1-4-15-33(16-5-1)41-32-42(34-17-6-2-7-18-34)54-52(53-41)35-19-14-22-37(31-35)56-43-25-12-10-24-40(43)48-44(56)29-30-45-49(48)50-46(55(45)36-20-8-3-9-21-36)28-27-39-38-23-11-13-26-47(38)57-51(39)50/h1-32,41H,(H,53,54). The SMILES string of the molecule is C1=C(c2ccccc2)N=C(c2cccc(-n3c4ccccc4c4c5c6c7oc8ccccc8c7ccc6n(-c6ccccc6)c5ccc43)c2)NC1c1ccccc1. The summed E-state index contributed by atoms with van der Waals surface area (Å²) in [6.07, 6.45) is 2.22. The summed E-state index contributed by atoms with van der Waals surface area (Å²) in [6.45, 7) is 0. The Hall–Kier alpha value is -7.63. The second-order valence-corrected chi connectivity index (χ2v) is 14.8. The van der Waals surface area contributed by atoms with Gasteiger partial charge in [0.25, 0.3) is 0 Å². The summed E-state index contributed by atoms with van der Waals surface area (Å²) in [5.41, 5.74) is 12.8. The van der Waals surface area contributed by atoms with Crippen LogP contribution in [0.3, 0.4) is 0 Å². The second kappa shape index (κ2) is 12.4. The molecule has 12 rings (SSSR count). The Kier molecular flexibility index (Phi) is 6.92. The maximum atomic E-state index is 6.79. The number of aliphatic imine (C=N–C) groups is 1. The molecule has 57 heavy (non-hydrogen) atoms. The highest BCUT2D eigenvalue weighted by Crippen LogP contribution is 2.46. The predicted molar refractivity (Wildman–Crippen MR) is 236 cm³/mol. The first-order chi connectivity index (χ1) is 28.3. The molecule has 0 fully saturated rings. The summed E-state index contributed by atoms with van der Waals surface area (Å²) in [7, 11) is 0. The van der Waals surface area contributed by atoms with Gasteiger partial charge in [0.15, 0.2) is 0 Å². The number of hydrogen-bond acceptors (Lipinski definition) is 3. The molecule has 8 aromatic carbocycles. The highest BCUT2D eigenvalue weighted by atomic mass is 16.3. The molecule has 5 nitrogen and oxygen atoms in total. The fourth-order valence-corrected chi connectivity index (χ4v) is 9.05. The molecule has 0 spiro atoms. The Bertz CT molecular complexity index is 3420. The summed E-state index contributed by atoms with van der Waals surface area (Å²) in [5, 5.41) is 10.7. The van der Waals surface area contributed by atoms with Gasteiger partial charge in [0, 0.05) is 43.9 Å². The quantitative estimate of drug-likeness (QED) is 0.192. The van der Waals surface area contributed by atoms with E-state index < -0.39 is 0 Å². The molecule has 3 aromatic heterocycles. The maximum Gasteiger partial charge on any atom is 0.145 e. The number of hydrogen-bond donors (Lipinski definition) is 1. The molecule has 11 aromatic rings. The molecule has 1 N–H and O–H groups in total. The molecular formula is C52H34N4O. The zero-order valence-electron chi connectivity index (χ0n) is 30.8. The third-order valence-electron chi connectivity index (χ3n) is 11.5. The Morgan fingerprint density at radius 2 is 1.07 bits per heavy atom. The number of furan rings is 1. The molecule has 4 heterocycles. The first kappa shape index (κ1) is 31.7. The lowest BCUT2D eigenvalue weighted by Gasteiger charge is -2.25. The number of rotatable bonds is 5. The average molecular weight is 731 g/mol. The molecule has 268 valence electrons. The normalized spacial score (nSPS) is 14.5. The zero-order chi connectivity index (χ0) is 37.5. The van der Waals surface area contributed by atoms with Crippen molar-refractivity contribution >= 4 is 77.1 Å². The van der Waals surface area contributed by atoms with E-state index in [1.165, 1.54) is 21.7 Å². The number of benzene rings is 8. The summed E-state index contributed by atoms with van der Waals surface area (Å²) in [6, 6.07) is 66.6. The van der Waals surface area contributed by atoms with E-state index in [4.69, 9.17) is 9.41 Å². The molecule has 0 saturated carbocycles. The van der Waals surface area contributed by atoms with Crippen LogP contribution in [0, 0.1) is 0 Å². The van der Waals surface area contributed by atoms with Gasteiger partial charge in [-0.15, -0.1) is 0 Å². The third-order valence-corrected chi connectivity index (χ3v) is 11.5. The van der Waals surface area contributed by atoms with Gasteiger partial charge in [0.2, 0.25) is 0 Å². The minimum atomic E-state index is -0.0314. The van der Waals surface area contributed by atoms with Crippen molar-refractivity contribution in [1.82, 2.24) is 14.5 Å². The van der Waals surface area contributed by atoms with Gasteiger partial charge in [0.05, 0.1) is 39.2 Å². The van der Waals surface area contributed by atoms with Crippen molar-refractivity contribution in [3.63, 3.8) is 0 Å². The number of amidine groups is 1. The lowest BCUT2D eigenvalue weighted by molar-refractivity contribution is 0.673. The van der Waals surface area contributed by atoms with E-state index in [0.29, 0.717) is 0 Å². The fraction of sp³-hybridized carbons (Fsp3) is 0.0192. The molecule has 0 amide bonds. The van der Waals surface area contributed by atoms with Gasteiger partial charge in [0.1, 0.15) is 17.0 Å². The van der Waals surface area contributed by atoms with Gasteiger partial charge in [-0.05, 0) is 77.9 Å². The van der Waals surface area contributed by atoms with Crippen LogP contribution < -0.4 is 5.32 Å². The van der Waals surface area contributed by atoms with E-state index in [1.54, 1.807) is 0 Å². The van der Waals surface area contributed by atoms with Crippen molar-refractivity contribution in [2.75, 3.05) is 0 Å². The number of aromatic nitrogens is 2. The summed E-state index contributed by atoms with van der Waals surface area (Å²) < 4.78 is 11.6. The highest BCUT2D eigenvalue weighted by Gasteiger charge is 2.25. The van der Waals surface area contributed by atoms with Crippen LogP contribution in [0.1, 0.15) is 22.7 Å². The topological polar surface area (TPSA) is 47.4 Å². The third kappa shape index (κ3) is 4.85. The van der Waals surface area contributed by atoms with Crippen molar-refractivity contribution in [2.45, 2.75) is 6.04 Å². The highest BCUT2D eigenvalue weighted by molar-refractivity contribution is 6.34. The molecule has 0 bridgehead atoms. The van der Waals surface area contributed by atoms with Crippen LogP contribution in [0.2, 0.25) is 0 Å². The van der Waals surface area contributed by atoms with Crippen LogP contribution in [-0.4, -0.2) is 15.0 Å². The smallest absolute Gasteiger partial charge is 0.145 e. The number of nitrogens with one attached hydrogen (secondary N) is 1. The molecule has 1 unspecified atom stereocenters. The molecule has 0 aliphatic carbocycles. The Balaban J connectivity index is 1.12.